The highest BCUT2D eigenvalue weighted by Crippen LogP contribution is 2.28. The Kier molecular flexibility index (Phi) is 5.83. The maximum absolute atomic E-state index is 11.8. The molecule has 122 valence electrons. The van der Waals surface area contributed by atoms with Gasteiger partial charge >= 0.3 is 5.97 Å². The fourth-order valence-electron chi connectivity index (χ4n) is 2.41. The summed E-state index contributed by atoms with van der Waals surface area (Å²) in [5, 5.41) is 12.4. The van der Waals surface area contributed by atoms with Crippen LogP contribution in [0.2, 0.25) is 5.02 Å². The van der Waals surface area contributed by atoms with Gasteiger partial charge < -0.3 is 14.8 Å². The quantitative estimate of drug-likeness (QED) is 0.805. The smallest absolute Gasteiger partial charge is 0.344 e. The van der Waals surface area contributed by atoms with Gasteiger partial charge in [0.15, 0.2) is 13.2 Å². The van der Waals surface area contributed by atoms with E-state index >= 15 is 0 Å². The first kappa shape index (κ1) is 17.1. The van der Waals surface area contributed by atoms with Crippen LogP contribution in [0.15, 0.2) is 24.3 Å². The second kappa shape index (κ2) is 7.84. The van der Waals surface area contributed by atoms with Gasteiger partial charge in [0.25, 0.3) is 5.91 Å². The van der Waals surface area contributed by atoms with Crippen molar-refractivity contribution in [2.75, 3.05) is 13.2 Å². The van der Waals surface area contributed by atoms with Gasteiger partial charge in [-0.2, -0.15) is 5.26 Å². The average Bonchev–Trinajstić information content (AvgIpc) is 3.01. The summed E-state index contributed by atoms with van der Waals surface area (Å²) in [6.07, 6.45) is 3.07. The van der Waals surface area contributed by atoms with Crippen molar-refractivity contribution in [3.05, 3.63) is 29.3 Å². The number of carbonyl (C=O) groups is 2. The number of ether oxygens (including phenoxy) is 2. The summed E-state index contributed by atoms with van der Waals surface area (Å²) >= 11 is 5.74. The third-order valence-corrected chi connectivity index (χ3v) is 3.84. The molecule has 0 aliphatic heterocycles. The largest absolute Gasteiger partial charge is 0.482 e. The minimum Gasteiger partial charge on any atom is -0.482 e. The standard InChI is InChI=1S/C16H17ClN2O4/c17-12-3-5-13(6-4-12)22-10-15(21)23-9-14(20)19-16(11-18)7-1-2-8-16/h3-6H,1-2,7-10H2,(H,19,20). The molecule has 1 saturated carbocycles. The van der Waals surface area contributed by atoms with Crippen molar-refractivity contribution in [1.29, 1.82) is 5.26 Å². The molecule has 1 N–H and O–H groups in total. The van der Waals surface area contributed by atoms with E-state index in [1.54, 1.807) is 24.3 Å². The molecular weight excluding hydrogens is 320 g/mol. The normalized spacial score (nSPS) is 15.5. The van der Waals surface area contributed by atoms with Crippen LogP contribution in [-0.2, 0) is 14.3 Å². The number of nitrogens with one attached hydrogen (secondary N) is 1. The highest BCUT2D eigenvalue weighted by molar-refractivity contribution is 6.30. The van der Waals surface area contributed by atoms with E-state index in [0.717, 1.165) is 12.8 Å². The third kappa shape index (κ3) is 5.15. The maximum atomic E-state index is 11.8. The average molecular weight is 337 g/mol. The number of halogens is 1. The monoisotopic (exact) mass is 336 g/mol. The lowest BCUT2D eigenvalue weighted by Gasteiger charge is -2.21. The summed E-state index contributed by atoms with van der Waals surface area (Å²) in [4.78, 5) is 23.3. The molecule has 23 heavy (non-hydrogen) atoms. The number of hydrogen-bond donors (Lipinski definition) is 1. The molecular formula is C16H17ClN2O4. The molecule has 7 heteroatoms. The summed E-state index contributed by atoms with van der Waals surface area (Å²) in [6.45, 7) is -0.732. The topological polar surface area (TPSA) is 88.4 Å². The Morgan fingerprint density at radius 3 is 2.48 bits per heavy atom. The molecule has 0 heterocycles. The van der Waals surface area contributed by atoms with Crippen LogP contribution in [-0.4, -0.2) is 30.6 Å². The minimum atomic E-state index is -0.816. The molecule has 0 spiro atoms. The molecule has 1 aliphatic rings. The molecule has 0 radical (unpaired) electrons. The zero-order valence-corrected chi connectivity index (χ0v) is 13.3. The number of carbonyl (C=O) groups excluding carboxylic acids is 2. The fraction of sp³-hybridized carbons (Fsp3) is 0.438. The zero-order valence-electron chi connectivity index (χ0n) is 12.5. The van der Waals surface area contributed by atoms with Crippen LogP contribution in [0.25, 0.3) is 0 Å². The van der Waals surface area contributed by atoms with Gasteiger partial charge in [-0.25, -0.2) is 4.79 Å². The van der Waals surface area contributed by atoms with Gasteiger partial charge in [-0.1, -0.05) is 11.6 Å². The fourth-order valence-corrected chi connectivity index (χ4v) is 2.53. The highest BCUT2D eigenvalue weighted by atomic mass is 35.5. The van der Waals surface area contributed by atoms with E-state index in [2.05, 4.69) is 11.4 Å². The van der Waals surface area contributed by atoms with E-state index in [0.29, 0.717) is 23.6 Å². The van der Waals surface area contributed by atoms with Crippen LogP contribution >= 0.6 is 11.6 Å². The van der Waals surface area contributed by atoms with Crippen LogP contribution in [0.1, 0.15) is 25.7 Å². The second-order valence-electron chi connectivity index (χ2n) is 5.35. The van der Waals surface area contributed by atoms with Crippen molar-refractivity contribution in [1.82, 2.24) is 5.32 Å². The van der Waals surface area contributed by atoms with Crippen LogP contribution in [0.4, 0.5) is 0 Å². The SMILES string of the molecule is N#CC1(NC(=O)COC(=O)COc2ccc(Cl)cc2)CCCC1. The number of nitrogens with zero attached hydrogens (tertiary/aromatic N) is 1. The maximum Gasteiger partial charge on any atom is 0.344 e. The Balaban J connectivity index is 1.70. The van der Waals surface area contributed by atoms with E-state index in [4.69, 9.17) is 21.1 Å². The number of esters is 1. The Labute approximate surface area is 139 Å². The lowest BCUT2D eigenvalue weighted by Crippen LogP contribution is -2.46. The first-order valence-electron chi connectivity index (χ1n) is 7.29. The first-order valence-corrected chi connectivity index (χ1v) is 7.67. The Morgan fingerprint density at radius 2 is 1.87 bits per heavy atom. The third-order valence-electron chi connectivity index (χ3n) is 3.58. The van der Waals surface area contributed by atoms with E-state index in [-0.39, 0.29) is 6.61 Å². The van der Waals surface area contributed by atoms with Gasteiger partial charge in [-0.3, -0.25) is 4.79 Å². The van der Waals surface area contributed by atoms with Gasteiger partial charge in [0, 0.05) is 5.02 Å². The molecule has 2 rings (SSSR count). The Morgan fingerprint density at radius 1 is 1.22 bits per heavy atom. The zero-order chi connectivity index (χ0) is 16.7. The number of nitriles is 1. The molecule has 0 aromatic heterocycles. The lowest BCUT2D eigenvalue weighted by molar-refractivity contribution is -0.150. The van der Waals surface area contributed by atoms with Gasteiger partial charge in [0.2, 0.25) is 0 Å². The van der Waals surface area contributed by atoms with Gasteiger partial charge in [-0.15, -0.1) is 0 Å². The number of amides is 1. The van der Waals surface area contributed by atoms with Crippen LogP contribution < -0.4 is 10.1 Å². The van der Waals surface area contributed by atoms with Crippen molar-refractivity contribution in [3.63, 3.8) is 0 Å². The predicted octanol–water partition coefficient (Wildman–Crippen LogP) is 2.21. The molecule has 1 fully saturated rings. The lowest BCUT2D eigenvalue weighted by atomic mass is 10.00. The molecule has 0 saturated heterocycles. The van der Waals surface area contributed by atoms with Crippen molar-refractivity contribution >= 4 is 23.5 Å². The van der Waals surface area contributed by atoms with Crippen molar-refractivity contribution in [2.45, 2.75) is 31.2 Å². The summed E-state index contributed by atoms with van der Waals surface area (Å²) < 4.78 is 10.0. The van der Waals surface area contributed by atoms with Gasteiger partial charge in [0.1, 0.15) is 11.3 Å². The summed E-state index contributed by atoms with van der Waals surface area (Å²) in [6, 6.07) is 8.66. The van der Waals surface area contributed by atoms with Gasteiger partial charge in [0.05, 0.1) is 6.07 Å². The molecule has 1 aliphatic carbocycles. The molecule has 0 bridgehead atoms. The Hall–Kier alpha value is -2.26. The first-order chi connectivity index (χ1) is 11.0. The van der Waals surface area contributed by atoms with E-state index in [1.807, 2.05) is 0 Å². The van der Waals surface area contributed by atoms with Crippen molar-refractivity contribution in [2.24, 2.45) is 0 Å². The molecule has 6 nitrogen and oxygen atoms in total. The van der Waals surface area contributed by atoms with Crippen molar-refractivity contribution < 1.29 is 19.1 Å². The van der Waals surface area contributed by atoms with Crippen LogP contribution in [0.5, 0.6) is 5.75 Å². The predicted molar refractivity (Wildman–Crippen MR) is 82.9 cm³/mol. The van der Waals surface area contributed by atoms with Crippen LogP contribution in [0, 0.1) is 11.3 Å². The number of rotatable bonds is 6. The van der Waals surface area contributed by atoms with E-state index in [9.17, 15) is 14.9 Å². The highest BCUT2D eigenvalue weighted by Gasteiger charge is 2.35. The number of hydrogen-bond acceptors (Lipinski definition) is 5. The van der Waals surface area contributed by atoms with Crippen LogP contribution in [0.3, 0.4) is 0 Å². The molecule has 1 amide bonds. The minimum absolute atomic E-state index is 0.307. The summed E-state index contributed by atoms with van der Waals surface area (Å²) in [5.74, 6) is -0.661. The number of benzene rings is 1. The van der Waals surface area contributed by atoms with Crippen molar-refractivity contribution in [3.8, 4) is 11.8 Å². The summed E-state index contributed by atoms with van der Waals surface area (Å²) in [7, 11) is 0. The van der Waals surface area contributed by atoms with E-state index < -0.39 is 24.0 Å². The Bertz CT molecular complexity index is 604. The molecule has 1 aromatic rings. The van der Waals surface area contributed by atoms with Gasteiger partial charge in [-0.05, 0) is 49.9 Å². The second-order valence-corrected chi connectivity index (χ2v) is 5.79. The molecule has 0 atom stereocenters. The molecule has 1 aromatic carbocycles. The summed E-state index contributed by atoms with van der Waals surface area (Å²) in [5.41, 5.74) is -0.816. The molecule has 0 unspecified atom stereocenters. The van der Waals surface area contributed by atoms with E-state index in [1.165, 1.54) is 0 Å².